The van der Waals surface area contributed by atoms with Crippen LogP contribution in [0.3, 0.4) is 0 Å². The Bertz CT molecular complexity index is 1100. The fourth-order valence-corrected chi connectivity index (χ4v) is 6.03. The fourth-order valence-electron chi connectivity index (χ4n) is 3.59. The van der Waals surface area contributed by atoms with Gasteiger partial charge in [0.25, 0.3) is 0 Å². The molecule has 0 spiro atoms. The first-order valence-corrected chi connectivity index (χ1v) is 13.1. The lowest BCUT2D eigenvalue weighted by molar-refractivity contribution is -0.129. The van der Waals surface area contributed by atoms with Crippen molar-refractivity contribution in [3.63, 3.8) is 0 Å². The third kappa shape index (κ3) is 5.84. The molecule has 1 fully saturated rings. The van der Waals surface area contributed by atoms with Crippen LogP contribution in [0.4, 0.5) is 0 Å². The van der Waals surface area contributed by atoms with E-state index in [1.54, 1.807) is 12.0 Å². The largest absolute Gasteiger partial charge is 0.383 e. The first-order valence-electron chi connectivity index (χ1n) is 10.7. The van der Waals surface area contributed by atoms with Gasteiger partial charge < -0.3 is 14.2 Å². The Kier molecular flexibility index (Phi) is 8.33. The number of carbonyl (C=O) groups excluding carboxylic acids is 2. The van der Waals surface area contributed by atoms with E-state index >= 15 is 0 Å². The maximum absolute atomic E-state index is 12.9. The molecular formula is C22H30N4O5S2. The van der Waals surface area contributed by atoms with Crippen LogP contribution >= 0.6 is 11.8 Å². The second kappa shape index (κ2) is 10.8. The molecule has 1 aliphatic rings. The van der Waals surface area contributed by atoms with Gasteiger partial charge in [-0.05, 0) is 32.9 Å². The fraction of sp³-hybridized carbons (Fsp3) is 0.500. The number of piperazine rings is 1. The quantitative estimate of drug-likeness (QED) is 0.388. The molecule has 1 aliphatic heterocycles. The topological polar surface area (TPSA) is 102 Å². The van der Waals surface area contributed by atoms with E-state index in [4.69, 9.17) is 4.74 Å². The molecule has 3 rings (SSSR count). The number of carbonyl (C=O) groups is 2. The molecular weight excluding hydrogens is 464 g/mol. The summed E-state index contributed by atoms with van der Waals surface area (Å²) in [6, 6.07) is 5.95. The minimum atomic E-state index is -3.67. The molecule has 0 N–H and O–H groups in total. The van der Waals surface area contributed by atoms with Crippen LogP contribution in [-0.4, -0.2) is 84.5 Å². The molecule has 1 saturated heterocycles. The standard InChI is InChI=1S/C22H30N4O5S2/c1-16-17(2)26(13-14-31-4)22(23-16)32-15-21(28)24-9-11-25(12-10-24)33(29,30)20-7-5-19(6-8-20)18(3)27/h5-8H,9-15H2,1-4H3. The first-order chi connectivity index (χ1) is 15.6. The Morgan fingerprint density at radius 2 is 1.73 bits per heavy atom. The number of ether oxygens (including phenoxy) is 1. The number of aryl methyl sites for hydroxylation is 1. The van der Waals surface area contributed by atoms with Gasteiger partial charge in [-0.15, -0.1) is 0 Å². The summed E-state index contributed by atoms with van der Waals surface area (Å²) in [7, 11) is -2.02. The Morgan fingerprint density at radius 3 is 2.30 bits per heavy atom. The lowest BCUT2D eigenvalue weighted by atomic mass is 10.2. The molecule has 0 aliphatic carbocycles. The van der Waals surface area contributed by atoms with Crippen LogP contribution in [0.15, 0.2) is 34.3 Å². The highest BCUT2D eigenvalue weighted by molar-refractivity contribution is 7.99. The number of hydrogen-bond donors (Lipinski definition) is 0. The molecule has 9 nitrogen and oxygen atoms in total. The predicted molar refractivity (Wildman–Crippen MR) is 126 cm³/mol. The molecule has 2 aromatic rings. The third-order valence-corrected chi connectivity index (χ3v) is 8.63. The summed E-state index contributed by atoms with van der Waals surface area (Å²) in [4.78, 5) is 30.6. The van der Waals surface area contributed by atoms with Gasteiger partial charge in [-0.2, -0.15) is 4.31 Å². The number of hydrogen-bond acceptors (Lipinski definition) is 7. The molecule has 0 bridgehead atoms. The Morgan fingerprint density at radius 1 is 1.09 bits per heavy atom. The molecule has 11 heteroatoms. The van der Waals surface area contributed by atoms with Gasteiger partial charge in [0.1, 0.15) is 0 Å². The maximum Gasteiger partial charge on any atom is 0.243 e. The van der Waals surface area contributed by atoms with Crippen molar-refractivity contribution in [1.82, 2.24) is 18.8 Å². The molecule has 2 heterocycles. The van der Waals surface area contributed by atoms with Crippen molar-refractivity contribution < 1.29 is 22.7 Å². The first kappa shape index (κ1) is 25.4. The second-order valence-electron chi connectivity index (χ2n) is 7.86. The number of nitrogens with zero attached hydrogens (tertiary/aromatic N) is 4. The highest BCUT2D eigenvalue weighted by Gasteiger charge is 2.30. The maximum atomic E-state index is 12.9. The lowest BCUT2D eigenvalue weighted by Crippen LogP contribution is -2.51. The number of aromatic nitrogens is 2. The molecule has 0 saturated carbocycles. The van der Waals surface area contributed by atoms with Gasteiger partial charge in [0, 0.05) is 51.1 Å². The SMILES string of the molecule is COCCn1c(SCC(=O)N2CCN(S(=O)(=O)c3ccc(C(C)=O)cc3)CC2)nc(C)c1C. The van der Waals surface area contributed by atoms with Gasteiger partial charge in [0.15, 0.2) is 10.9 Å². The number of imidazole rings is 1. The van der Waals surface area contributed by atoms with Crippen molar-refractivity contribution in [3.05, 3.63) is 41.2 Å². The monoisotopic (exact) mass is 494 g/mol. The van der Waals surface area contributed by atoms with Crippen molar-refractivity contribution in [2.45, 2.75) is 37.4 Å². The van der Waals surface area contributed by atoms with Crippen molar-refractivity contribution in [2.75, 3.05) is 45.6 Å². The minimum absolute atomic E-state index is 0.0422. The zero-order chi connectivity index (χ0) is 24.2. The summed E-state index contributed by atoms with van der Waals surface area (Å²) in [5, 5.41) is 0.783. The van der Waals surface area contributed by atoms with Gasteiger partial charge in [0.2, 0.25) is 15.9 Å². The molecule has 0 unspecified atom stereocenters. The highest BCUT2D eigenvalue weighted by atomic mass is 32.2. The van der Waals surface area contributed by atoms with Crippen LogP contribution in [0.5, 0.6) is 0 Å². The number of Topliss-reactive ketones (excluding diaryl/α,β-unsaturated/α-hetero) is 1. The number of benzene rings is 1. The highest BCUT2D eigenvalue weighted by Crippen LogP contribution is 2.23. The van der Waals surface area contributed by atoms with Crippen molar-refractivity contribution >= 4 is 33.5 Å². The number of amides is 1. The van der Waals surface area contributed by atoms with Crippen LogP contribution in [0.25, 0.3) is 0 Å². The average Bonchev–Trinajstić information content (AvgIpc) is 3.08. The number of methoxy groups -OCH3 is 1. The van der Waals surface area contributed by atoms with E-state index in [2.05, 4.69) is 9.55 Å². The van der Waals surface area contributed by atoms with Gasteiger partial charge in [-0.1, -0.05) is 23.9 Å². The van der Waals surface area contributed by atoms with Crippen LogP contribution in [-0.2, 0) is 26.1 Å². The van der Waals surface area contributed by atoms with Gasteiger partial charge in [0.05, 0.1) is 22.9 Å². The molecule has 180 valence electrons. The molecule has 0 radical (unpaired) electrons. The molecule has 33 heavy (non-hydrogen) atoms. The zero-order valence-corrected chi connectivity index (χ0v) is 21.0. The Balaban J connectivity index is 1.57. The lowest BCUT2D eigenvalue weighted by Gasteiger charge is -2.34. The predicted octanol–water partition coefficient (Wildman–Crippen LogP) is 1.97. The molecule has 1 amide bonds. The second-order valence-corrected chi connectivity index (χ2v) is 10.7. The third-order valence-electron chi connectivity index (χ3n) is 5.76. The zero-order valence-electron chi connectivity index (χ0n) is 19.4. The van der Waals surface area contributed by atoms with Crippen molar-refractivity contribution in [1.29, 1.82) is 0 Å². The number of ketones is 1. The van der Waals surface area contributed by atoms with E-state index in [1.807, 2.05) is 13.8 Å². The number of rotatable bonds is 9. The van der Waals surface area contributed by atoms with E-state index in [0.29, 0.717) is 31.8 Å². The normalized spacial score (nSPS) is 15.1. The number of thioether (sulfide) groups is 1. The summed E-state index contributed by atoms with van der Waals surface area (Å²) in [6.07, 6.45) is 0. The Hall–Kier alpha value is -2.21. The van der Waals surface area contributed by atoms with Crippen LogP contribution in [0.1, 0.15) is 28.7 Å². The van der Waals surface area contributed by atoms with Crippen LogP contribution in [0.2, 0.25) is 0 Å². The van der Waals surface area contributed by atoms with Gasteiger partial charge >= 0.3 is 0 Å². The minimum Gasteiger partial charge on any atom is -0.383 e. The van der Waals surface area contributed by atoms with E-state index in [1.165, 1.54) is 47.3 Å². The van der Waals surface area contributed by atoms with E-state index < -0.39 is 10.0 Å². The number of sulfonamides is 1. The summed E-state index contributed by atoms with van der Waals surface area (Å²) in [5.41, 5.74) is 2.45. The van der Waals surface area contributed by atoms with Crippen LogP contribution < -0.4 is 0 Å². The van der Waals surface area contributed by atoms with Crippen molar-refractivity contribution in [3.8, 4) is 0 Å². The smallest absolute Gasteiger partial charge is 0.243 e. The Labute approximate surface area is 199 Å². The summed E-state index contributed by atoms with van der Waals surface area (Å²) in [5.74, 6) is 0.0807. The van der Waals surface area contributed by atoms with E-state index in [-0.39, 0.29) is 35.4 Å². The molecule has 1 aromatic carbocycles. The van der Waals surface area contributed by atoms with Crippen LogP contribution in [0, 0.1) is 13.8 Å². The average molecular weight is 495 g/mol. The molecule has 1 aromatic heterocycles. The van der Waals surface area contributed by atoms with E-state index in [9.17, 15) is 18.0 Å². The summed E-state index contributed by atoms with van der Waals surface area (Å²) < 4.78 is 34.5. The summed E-state index contributed by atoms with van der Waals surface area (Å²) in [6.45, 7) is 7.74. The van der Waals surface area contributed by atoms with Gasteiger partial charge in [-0.25, -0.2) is 13.4 Å². The van der Waals surface area contributed by atoms with E-state index in [0.717, 1.165) is 16.5 Å². The van der Waals surface area contributed by atoms with Crippen molar-refractivity contribution in [2.24, 2.45) is 0 Å². The molecule has 0 atom stereocenters. The summed E-state index contributed by atoms with van der Waals surface area (Å²) >= 11 is 1.39. The van der Waals surface area contributed by atoms with Gasteiger partial charge in [-0.3, -0.25) is 9.59 Å².